The van der Waals surface area contributed by atoms with Crippen LogP contribution in [0.2, 0.25) is 0 Å². The van der Waals surface area contributed by atoms with Crippen molar-refractivity contribution in [1.29, 1.82) is 0 Å². The maximum absolute atomic E-state index is 11.9. The van der Waals surface area contributed by atoms with E-state index in [-0.39, 0.29) is 12.1 Å². The van der Waals surface area contributed by atoms with Crippen LogP contribution in [0.5, 0.6) is 0 Å². The number of furan rings is 1. The molecule has 6 heteroatoms. The van der Waals surface area contributed by atoms with Gasteiger partial charge < -0.3 is 20.2 Å². The zero-order valence-electron chi connectivity index (χ0n) is 12.0. The van der Waals surface area contributed by atoms with Crippen LogP contribution < -0.4 is 10.6 Å². The van der Waals surface area contributed by atoms with E-state index in [2.05, 4.69) is 10.6 Å². The third kappa shape index (κ3) is 4.81. The van der Waals surface area contributed by atoms with Gasteiger partial charge in [0.05, 0.1) is 12.2 Å². The SMILES string of the molecule is O=C(NCCc1ccco1)NC1CCCCCC1C(=O)O. The zero-order valence-corrected chi connectivity index (χ0v) is 12.0. The number of carbonyl (C=O) groups excluding carboxylic acids is 1. The second-order valence-electron chi connectivity index (χ2n) is 5.42. The molecule has 0 saturated heterocycles. The van der Waals surface area contributed by atoms with Crippen molar-refractivity contribution in [3.8, 4) is 0 Å². The summed E-state index contributed by atoms with van der Waals surface area (Å²) in [7, 11) is 0. The van der Waals surface area contributed by atoms with Gasteiger partial charge in [-0.15, -0.1) is 0 Å². The van der Waals surface area contributed by atoms with Crippen molar-refractivity contribution in [2.45, 2.75) is 44.6 Å². The molecule has 1 aliphatic rings. The standard InChI is InChI=1S/C15H22N2O4/c18-14(19)12-6-2-1-3-7-13(12)17-15(20)16-9-8-11-5-4-10-21-11/h4-5,10,12-13H,1-3,6-9H2,(H,18,19)(H2,16,17,20). The fourth-order valence-corrected chi connectivity index (χ4v) is 2.75. The molecule has 1 aliphatic carbocycles. The average molecular weight is 294 g/mol. The molecule has 2 rings (SSSR count). The van der Waals surface area contributed by atoms with Crippen LogP contribution >= 0.6 is 0 Å². The summed E-state index contributed by atoms with van der Waals surface area (Å²) in [5.41, 5.74) is 0. The van der Waals surface area contributed by atoms with Crippen LogP contribution in [-0.2, 0) is 11.2 Å². The van der Waals surface area contributed by atoms with E-state index in [9.17, 15) is 14.7 Å². The first-order chi connectivity index (χ1) is 10.2. The van der Waals surface area contributed by atoms with Crippen molar-refractivity contribution in [1.82, 2.24) is 10.6 Å². The number of rotatable bonds is 5. The van der Waals surface area contributed by atoms with Gasteiger partial charge in [0.15, 0.2) is 0 Å². The number of carboxylic acids is 1. The molecule has 0 aromatic carbocycles. The van der Waals surface area contributed by atoms with Crippen LogP contribution in [0.3, 0.4) is 0 Å². The Balaban J connectivity index is 1.77. The fourth-order valence-electron chi connectivity index (χ4n) is 2.75. The van der Waals surface area contributed by atoms with E-state index in [1.165, 1.54) is 0 Å². The Hall–Kier alpha value is -1.98. The minimum absolute atomic E-state index is 0.284. The Morgan fingerprint density at radius 3 is 2.81 bits per heavy atom. The zero-order chi connectivity index (χ0) is 15.1. The van der Waals surface area contributed by atoms with E-state index in [1.807, 2.05) is 6.07 Å². The van der Waals surface area contributed by atoms with Gasteiger partial charge >= 0.3 is 12.0 Å². The molecule has 1 saturated carbocycles. The van der Waals surface area contributed by atoms with Gasteiger partial charge in [0, 0.05) is 19.0 Å². The Kier molecular flexibility index (Phi) is 5.66. The normalized spacial score (nSPS) is 22.3. The number of nitrogens with one attached hydrogen (secondary N) is 2. The van der Waals surface area contributed by atoms with Crippen molar-refractivity contribution in [3.05, 3.63) is 24.2 Å². The Bertz CT molecular complexity index is 458. The smallest absolute Gasteiger partial charge is 0.315 e. The summed E-state index contributed by atoms with van der Waals surface area (Å²) in [6.07, 6.45) is 6.47. The summed E-state index contributed by atoms with van der Waals surface area (Å²) in [6.45, 7) is 0.462. The van der Waals surface area contributed by atoms with Crippen molar-refractivity contribution < 1.29 is 19.1 Å². The van der Waals surface area contributed by atoms with Crippen LogP contribution in [0.15, 0.2) is 22.8 Å². The molecule has 1 fully saturated rings. The third-order valence-electron chi connectivity index (χ3n) is 3.89. The van der Waals surface area contributed by atoms with Crippen molar-refractivity contribution >= 4 is 12.0 Å². The predicted octanol–water partition coefficient (Wildman–Crippen LogP) is 2.15. The Morgan fingerprint density at radius 1 is 1.29 bits per heavy atom. The van der Waals surface area contributed by atoms with Crippen LogP contribution in [0.1, 0.15) is 37.9 Å². The molecule has 6 nitrogen and oxygen atoms in total. The molecular weight excluding hydrogens is 272 g/mol. The minimum Gasteiger partial charge on any atom is -0.481 e. The number of amides is 2. The highest BCUT2D eigenvalue weighted by Gasteiger charge is 2.30. The van der Waals surface area contributed by atoms with Gasteiger partial charge in [0.2, 0.25) is 0 Å². The number of aliphatic carboxylic acids is 1. The number of urea groups is 1. The highest BCUT2D eigenvalue weighted by molar-refractivity contribution is 5.76. The molecule has 1 heterocycles. The Labute approximate surface area is 123 Å². The molecule has 2 unspecified atom stereocenters. The quantitative estimate of drug-likeness (QED) is 0.726. The van der Waals surface area contributed by atoms with Gasteiger partial charge in [-0.1, -0.05) is 19.3 Å². The van der Waals surface area contributed by atoms with Gasteiger partial charge in [0.25, 0.3) is 0 Å². The molecule has 2 atom stereocenters. The molecule has 3 N–H and O–H groups in total. The van der Waals surface area contributed by atoms with Gasteiger partial charge in [0.1, 0.15) is 5.76 Å². The van der Waals surface area contributed by atoms with Crippen molar-refractivity contribution in [2.75, 3.05) is 6.54 Å². The molecular formula is C15H22N2O4. The van der Waals surface area contributed by atoms with Crippen molar-refractivity contribution in [3.63, 3.8) is 0 Å². The largest absolute Gasteiger partial charge is 0.481 e. The first-order valence-corrected chi connectivity index (χ1v) is 7.46. The van der Waals surface area contributed by atoms with Crippen LogP contribution in [-0.4, -0.2) is 29.7 Å². The van der Waals surface area contributed by atoms with Gasteiger partial charge in [-0.2, -0.15) is 0 Å². The number of carbonyl (C=O) groups is 2. The molecule has 0 spiro atoms. The molecule has 0 radical (unpaired) electrons. The molecule has 1 aromatic heterocycles. The second-order valence-corrected chi connectivity index (χ2v) is 5.42. The summed E-state index contributed by atoms with van der Waals surface area (Å²) in [6, 6.07) is 3.07. The molecule has 0 bridgehead atoms. The molecule has 21 heavy (non-hydrogen) atoms. The summed E-state index contributed by atoms with van der Waals surface area (Å²) in [5.74, 6) is -0.491. The lowest BCUT2D eigenvalue weighted by molar-refractivity contribution is -0.142. The third-order valence-corrected chi connectivity index (χ3v) is 3.89. The average Bonchev–Trinajstić information content (AvgIpc) is 2.84. The van der Waals surface area contributed by atoms with Crippen LogP contribution in [0.25, 0.3) is 0 Å². The Morgan fingerprint density at radius 2 is 2.10 bits per heavy atom. The molecule has 0 aliphatic heterocycles. The highest BCUT2D eigenvalue weighted by atomic mass is 16.4. The molecule has 1 aromatic rings. The van der Waals surface area contributed by atoms with E-state index < -0.39 is 11.9 Å². The lowest BCUT2D eigenvalue weighted by atomic mass is 9.95. The number of carboxylic acid groups (broad SMARTS) is 1. The number of hydrogen-bond acceptors (Lipinski definition) is 3. The highest BCUT2D eigenvalue weighted by Crippen LogP contribution is 2.23. The maximum atomic E-state index is 11.9. The first-order valence-electron chi connectivity index (χ1n) is 7.46. The van der Waals surface area contributed by atoms with Gasteiger partial charge in [-0.05, 0) is 25.0 Å². The minimum atomic E-state index is -0.821. The van der Waals surface area contributed by atoms with Crippen LogP contribution in [0, 0.1) is 5.92 Å². The van der Waals surface area contributed by atoms with E-state index in [0.717, 1.165) is 31.4 Å². The molecule has 2 amide bonds. The van der Waals surface area contributed by atoms with E-state index >= 15 is 0 Å². The monoisotopic (exact) mass is 294 g/mol. The molecule has 116 valence electrons. The topological polar surface area (TPSA) is 91.6 Å². The van der Waals surface area contributed by atoms with E-state index in [4.69, 9.17) is 4.42 Å². The van der Waals surface area contributed by atoms with Gasteiger partial charge in [-0.25, -0.2) is 4.79 Å². The number of hydrogen-bond donors (Lipinski definition) is 3. The maximum Gasteiger partial charge on any atom is 0.315 e. The van der Waals surface area contributed by atoms with E-state index in [1.54, 1.807) is 12.3 Å². The lowest BCUT2D eigenvalue weighted by Gasteiger charge is -2.23. The summed E-state index contributed by atoms with van der Waals surface area (Å²) in [5, 5.41) is 14.8. The fraction of sp³-hybridized carbons (Fsp3) is 0.600. The lowest BCUT2D eigenvalue weighted by Crippen LogP contribution is -2.47. The second kappa shape index (κ2) is 7.71. The summed E-state index contributed by atoms with van der Waals surface area (Å²) in [4.78, 5) is 23.2. The van der Waals surface area contributed by atoms with Crippen molar-refractivity contribution in [2.24, 2.45) is 5.92 Å². The summed E-state index contributed by atoms with van der Waals surface area (Å²) >= 11 is 0. The van der Waals surface area contributed by atoms with E-state index in [0.29, 0.717) is 19.4 Å². The summed E-state index contributed by atoms with van der Waals surface area (Å²) < 4.78 is 5.18. The first kappa shape index (κ1) is 15.4. The predicted molar refractivity (Wildman–Crippen MR) is 76.9 cm³/mol. The van der Waals surface area contributed by atoms with Crippen LogP contribution in [0.4, 0.5) is 4.79 Å². The van der Waals surface area contributed by atoms with Gasteiger partial charge in [-0.3, -0.25) is 4.79 Å².